The van der Waals surface area contributed by atoms with Gasteiger partial charge in [-0.3, -0.25) is 4.90 Å². The fraction of sp³-hybridized carbons (Fsp3) is 0.600. The highest BCUT2D eigenvalue weighted by atomic mass is 16.3. The van der Waals surface area contributed by atoms with Crippen LogP contribution in [0.25, 0.3) is 0 Å². The van der Waals surface area contributed by atoms with E-state index >= 15 is 0 Å². The van der Waals surface area contributed by atoms with Crippen molar-refractivity contribution in [3.63, 3.8) is 0 Å². The zero-order valence-electron chi connectivity index (χ0n) is 11.2. The smallest absolute Gasteiger partial charge is 0.157 e. The summed E-state index contributed by atoms with van der Waals surface area (Å²) in [4.78, 5) is 2.61. The summed E-state index contributed by atoms with van der Waals surface area (Å²) < 4.78 is 0. The molecule has 0 radical (unpaired) electrons. The average Bonchev–Trinajstić information content (AvgIpc) is 2.83. The highest BCUT2D eigenvalue weighted by Crippen LogP contribution is 2.28. The third kappa shape index (κ3) is 2.69. The van der Waals surface area contributed by atoms with E-state index in [0.29, 0.717) is 12.1 Å². The number of fused-ring (bicyclic) bond motifs is 1. The van der Waals surface area contributed by atoms with E-state index in [4.69, 9.17) is 0 Å². The topological polar surface area (TPSA) is 55.7 Å². The zero-order chi connectivity index (χ0) is 13.2. The van der Waals surface area contributed by atoms with Crippen LogP contribution in [-0.2, 0) is 6.54 Å². The lowest BCUT2D eigenvalue weighted by Crippen LogP contribution is -2.44. The molecule has 2 fully saturated rings. The van der Waals surface area contributed by atoms with Gasteiger partial charge in [0.05, 0.1) is 0 Å². The highest BCUT2D eigenvalue weighted by Gasteiger charge is 2.34. The first-order chi connectivity index (χ1) is 9.24. The lowest BCUT2D eigenvalue weighted by atomic mass is 9.99. The summed E-state index contributed by atoms with van der Waals surface area (Å²) in [5, 5.41) is 22.4. The van der Waals surface area contributed by atoms with Gasteiger partial charge in [-0.25, -0.2) is 0 Å². The van der Waals surface area contributed by atoms with E-state index in [1.165, 1.54) is 38.8 Å². The van der Waals surface area contributed by atoms with Gasteiger partial charge < -0.3 is 15.5 Å². The molecule has 2 heterocycles. The largest absolute Gasteiger partial charge is 0.504 e. The monoisotopic (exact) mass is 262 g/mol. The summed E-state index contributed by atoms with van der Waals surface area (Å²) >= 11 is 0. The van der Waals surface area contributed by atoms with Crippen molar-refractivity contribution in [1.82, 2.24) is 10.2 Å². The Morgan fingerprint density at radius 1 is 1.11 bits per heavy atom. The second kappa shape index (κ2) is 5.39. The van der Waals surface area contributed by atoms with Crippen LogP contribution < -0.4 is 5.32 Å². The number of aromatic hydroxyl groups is 2. The number of nitrogens with one attached hydrogen (secondary N) is 1. The first-order valence-electron chi connectivity index (χ1n) is 7.22. The number of hydrogen-bond donors (Lipinski definition) is 3. The molecule has 1 aromatic rings. The van der Waals surface area contributed by atoms with Gasteiger partial charge in [0.15, 0.2) is 11.5 Å². The molecule has 4 nitrogen and oxygen atoms in total. The van der Waals surface area contributed by atoms with E-state index in [9.17, 15) is 10.2 Å². The van der Waals surface area contributed by atoms with Crippen molar-refractivity contribution in [2.75, 3.05) is 13.1 Å². The van der Waals surface area contributed by atoms with Gasteiger partial charge in [-0.1, -0.05) is 12.5 Å². The van der Waals surface area contributed by atoms with Crippen molar-refractivity contribution in [2.24, 2.45) is 0 Å². The number of hydrogen-bond acceptors (Lipinski definition) is 4. The van der Waals surface area contributed by atoms with Crippen molar-refractivity contribution >= 4 is 0 Å². The van der Waals surface area contributed by atoms with E-state index in [1.54, 1.807) is 12.1 Å². The Morgan fingerprint density at radius 3 is 2.84 bits per heavy atom. The molecule has 1 aromatic carbocycles. The summed E-state index contributed by atoms with van der Waals surface area (Å²) in [6.07, 6.45) is 5.21. The molecule has 2 aliphatic rings. The number of phenolic OH excluding ortho intramolecular Hbond substituents is 2. The maximum atomic E-state index is 9.49. The molecule has 2 aliphatic heterocycles. The number of nitrogens with zero attached hydrogens (tertiary/aromatic N) is 1. The summed E-state index contributed by atoms with van der Waals surface area (Å²) in [6.45, 7) is 3.22. The Morgan fingerprint density at radius 2 is 2.00 bits per heavy atom. The van der Waals surface area contributed by atoms with Gasteiger partial charge in [-0.15, -0.1) is 0 Å². The SMILES string of the molecule is Oc1ccc(CNC2CCN3CCCCC23)cc1O. The van der Waals surface area contributed by atoms with Crippen LogP contribution in [0.3, 0.4) is 0 Å². The molecule has 0 bridgehead atoms. The molecule has 2 atom stereocenters. The third-order valence-corrected chi connectivity index (χ3v) is 4.46. The first-order valence-corrected chi connectivity index (χ1v) is 7.22. The zero-order valence-corrected chi connectivity index (χ0v) is 11.2. The molecule has 0 aromatic heterocycles. The third-order valence-electron chi connectivity index (χ3n) is 4.46. The van der Waals surface area contributed by atoms with E-state index in [-0.39, 0.29) is 11.5 Å². The summed E-state index contributed by atoms with van der Waals surface area (Å²) in [6, 6.07) is 6.30. The second-order valence-electron chi connectivity index (χ2n) is 5.70. The minimum atomic E-state index is -0.0527. The maximum Gasteiger partial charge on any atom is 0.157 e. The van der Waals surface area contributed by atoms with Gasteiger partial charge >= 0.3 is 0 Å². The summed E-state index contributed by atoms with van der Waals surface area (Å²) in [7, 11) is 0. The fourth-order valence-electron chi connectivity index (χ4n) is 3.41. The molecule has 3 rings (SSSR count). The Bertz CT molecular complexity index is 450. The van der Waals surface area contributed by atoms with Crippen molar-refractivity contribution in [2.45, 2.75) is 44.3 Å². The van der Waals surface area contributed by atoms with Gasteiger partial charge in [0, 0.05) is 25.2 Å². The number of piperidine rings is 1. The Balaban J connectivity index is 1.58. The molecule has 104 valence electrons. The lowest BCUT2D eigenvalue weighted by molar-refractivity contribution is 0.180. The van der Waals surface area contributed by atoms with E-state index in [1.807, 2.05) is 6.07 Å². The normalized spacial score (nSPS) is 27.4. The molecule has 0 aliphatic carbocycles. The summed E-state index contributed by atoms with van der Waals surface area (Å²) in [5.41, 5.74) is 1.02. The van der Waals surface area contributed by atoms with Gasteiger partial charge in [-0.2, -0.15) is 0 Å². The molecular weight excluding hydrogens is 240 g/mol. The van der Waals surface area contributed by atoms with E-state index < -0.39 is 0 Å². The van der Waals surface area contributed by atoms with Crippen LogP contribution in [0.1, 0.15) is 31.2 Å². The molecule has 4 heteroatoms. The quantitative estimate of drug-likeness (QED) is 0.727. The Kier molecular flexibility index (Phi) is 3.62. The number of benzene rings is 1. The minimum Gasteiger partial charge on any atom is -0.504 e. The molecule has 0 saturated carbocycles. The lowest BCUT2D eigenvalue weighted by Gasteiger charge is -2.32. The second-order valence-corrected chi connectivity index (χ2v) is 5.70. The van der Waals surface area contributed by atoms with Crippen molar-refractivity contribution in [1.29, 1.82) is 0 Å². The van der Waals surface area contributed by atoms with Gasteiger partial charge in [0.1, 0.15) is 0 Å². The van der Waals surface area contributed by atoms with Gasteiger partial charge in [0.2, 0.25) is 0 Å². The van der Waals surface area contributed by atoms with Crippen LogP contribution in [0.15, 0.2) is 18.2 Å². The maximum absolute atomic E-state index is 9.49. The van der Waals surface area contributed by atoms with Crippen LogP contribution in [0, 0.1) is 0 Å². The average molecular weight is 262 g/mol. The molecule has 2 saturated heterocycles. The van der Waals surface area contributed by atoms with Crippen LogP contribution in [0.5, 0.6) is 11.5 Å². The Labute approximate surface area is 114 Å². The van der Waals surface area contributed by atoms with Crippen LogP contribution in [-0.4, -0.2) is 40.3 Å². The van der Waals surface area contributed by atoms with Crippen molar-refractivity contribution in [3.8, 4) is 11.5 Å². The minimum absolute atomic E-state index is 0.0370. The number of phenols is 2. The van der Waals surface area contributed by atoms with Crippen LogP contribution in [0.2, 0.25) is 0 Å². The summed E-state index contributed by atoms with van der Waals surface area (Å²) in [5.74, 6) is -0.0897. The van der Waals surface area contributed by atoms with Crippen molar-refractivity contribution < 1.29 is 10.2 Å². The van der Waals surface area contributed by atoms with E-state index in [2.05, 4.69) is 10.2 Å². The van der Waals surface area contributed by atoms with Gasteiger partial charge in [-0.05, 0) is 43.5 Å². The Hall–Kier alpha value is -1.26. The molecule has 19 heavy (non-hydrogen) atoms. The predicted octanol–water partition coefficient (Wildman–Crippen LogP) is 1.81. The molecule has 0 amide bonds. The fourth-order valence-corrected chi connectivity index (χ4v) is 3.41. The van der Waals surface area contributed by atoms with Crippen molar-refractivity contribution in [3.05, 3.63) is 23.8 Å². The van der Waals surface area contributed by atoms with Crippen LogP contribution >= 0.6 is 0 Å². The number of rotatable bonds is 3. The van der Waals surface area contributed by atoms with Crippen LogP contribution in [0.4, 0.5) is 0 Å². The molecule has 0 spiro atoms. The predicted molar refractivity (Wildman–Crippen MR) is 74.2 cm³/mol. The molecule has 2 unspecified atom stereocenters. The first kappa shape index (κ1) is 12.8. The highest BCUT2D eigenvalue weighted by molar-refractivity contribution is 5.40. The molecular formula is C15H22N2O2. The standard InChI is InChI=1S/C15H22N2O2/c18-14-5-4-11(9-15(14)19)10-16-12-6-8-17-7-2-1-3-13(12)17/h4-5,9,12-13,16,18-19H,1-3,6-8,10H2. The van der Waals surface area contributed by atoms with E-state index in [0.717, 1.165) is 12.1 Å². The van der Waals surface area contributed by atoms with Gasteiger partial charge in [0.25, 0.3) is 0 Å². The molecule has 3 N–H and O–H groups in total.